The molecule has 6 nitrogen and oxygen atoms in total. The Morgan fingerprint density at radius 3 is 2.85 bits per heavy atom. The molecule has 0 fully saturated rings. The molecule has 0 saturated carbocycles. The van der Waals surface area contributed by atoms with E-state index >= 15 is 0 Å². The van der Waals surface area contributed by atoms with Gasteiger partial charge in [0.2, 0.25) is 5.95 Å². The maximum Gasteiger partial charge on any atom is 0.339 e. The third-order valence-corrected chi connectivity index (χ3v) is 4.35. The summed E-state index contributed by atoms with van der Waals surface area (Å²) in [6, 6.07) is 0. The number of hydrogen-bond donors (Lipinski definition) is 2. The second kappa shape index (κ2) is 5.16. The number of aromatic carboxylic acids is 1. The van der Waals surface area contributed by atoms with Gasteiger partial charge in [0.05, 0.1) is 17.0 Å². The van der Waals surface area contributed by atoms with Crippen molar-refractivity contribution in [2.75, 3.05) is 5.32 Å². The van der Waals surface area contributed by atoms with Crippen LogP contribution < -0.4 is 5.32 Å². The first-order chi connectivity index (χ1) is 9.63. The molecule has 1 aliphatic carbocycles. The lowest BCUT2D eigenvalue weighted by Crippen LogP contribution is -2.06. The van der Waals surface area contributed by atoms with Crippen LogP contribution in [0.5, 0.6) is 0 Å². The molecule has 0 atom stereocenters. The lowest BCUT2D eigenvalue weighted by atomic mass is 10.0. The zero-order valence-electron chi connectivity index (χ0n) is 11.0. The van der Waals surface area contributed by atoms with E-state index in [9.17, 15) is 4.79 Å². The maximum atomic E-state index is 10.9. The third kappa shape index (κ3) is 2.49. The molecule has 2 aromatic rings. The molecule has 2 heterocycles. The summed E-state index contributed by atoms with van der Waals surface area (Å²) in [5.74, 6) is -0.627. The Hall–Kier alpha value is -2.02. The molecule has 3 rings (SSSR count). The molecule has 7 heteroatoms. The van der Waals surface area contributed by atoms with Gasteiger partial charge in [-0.3, -0.25) is 0 Å². The normalized spacial score (nSPS) is 13.8. The minimum Gasteiger partial charge on any atom is -0.478 e. The molecule has 0 amide bonds. The monoisotopic (exact) mass is 290 g/mol. The van der Waals surface area contributed by atoms with E-state index in [2.05, 4.69) is 20.3 Å². The summed E-state index contributed by atoms with van der Waals surface area (Å²) >= 11 is 1.63. The maximum absolute atomic E-state index is 10.9. The fraction of sp³-hybridized carbons (Fsp3) is 0.385. The highest BCUT2D eigenvalue weighted by atomic mass is 32.1. The second-order valence-electron chi connectivity index (χ2n) is 4.72. The van der Waals surface area contributed by atoms with E-state index in [0.29, 0.717) is 11.6 Å². The highest BCUT2D eigenvalue weighted by molar-refractivity contribution is 7.15. The summed E-state index contributed by atoms with van der Waals surface area (Å²) in [6.45, 7) is 1.66. The third-order valence-electron chi connectivity index (χ3n) is 3.27. The molecule has 0 spiro atoms. The van der Waals surface area contributed by atoms with Crippen molar-refractivity contribution in [2.24, 2.45) is 0 Å². The summed E-state index contributed by atoms with van der Waals surface area (Å²) in [4.78, 5) is 25.0. The predicted molar refractivity (Wildman–Crippen MR) is 75.8 cm³/mol. The van der Waals surface area contributed by atoms with Crippen molar-refractivity contribution < 1.29 is 9.90 Å². The Bertz CT molecular complexity index is 645. The molecular formula is C13H14N4O2S. The average Bonchev–Trinajstić information content (AvgIpc) is 2.80. The van der Waals surface area contributed by atoms with E-state index in [1.54, 1.807) is 18.3 Å². The first-order valence-corrected chi connectivity index (χ1v) is 7.27. The Labute approximate surface area is 119 Å². The molecule has 2 N–H and O–H groups in total. The zero-order chi connectivity index (χ0) is 14.1. The standard InChI is InChI=1S/C13H14N4O2S/c1-7-8(11(18)19)6-14-12(15-7)17-13-16-9-4-2-3-5-10(9)20-13/h6H,2-5H2,1H3,(H,18,19)(H,14,15,16,17). The summed E-state index contributed by atoms with van der Waals surface area (Å²) < 4.78 is 0. The van der Waals surface area contributed by atoms with Gasteiger partial charge in [0.1, 0.15) is 0 Å². The number of anilines is 2. The van der Waals surface area contributed by atoms with Crippen molar-refractivity contribution in [1.29, 1.82) is 0 Å². The lowest BCUT2D eigenvalue weighted by molar-refractivity contribution is 0.0695. The number of carboxylic acid groups (broad SMARTS) is 1. The molecule has 20 heavy (non-hydrogen) atoms. The Balaban J connectivity index is 1.82. The number of carbonyl (C=O) groups is 1. The number of fused-ring (bicyclic) bond motifs is 1. The van der Waals surface area contributed by atoms with Crippen LogP contribution >= 0.6 is 11.3 Å². The van der Waals surface area contributed by atoms with Gasteiger partial charge in [-0.25, -0.2) is 19.7 Å². The van der Waals surface area contributed by atoms with Crippen molar-refractivity contribution in [3.8, 4) is 0 Å². The van der Waals surface area contributed by atoms with Crippen molar-refractivity contribution in [1.82, 2.24) is 15.0 Å². The van der Waals surface area contributed by atoms with E-state index in [1.165, 1.54) is 29.6 Å². The summed E-state index contributed by atoms with van der Waals surface area (Å²) in [5.41, 5.74) is 1.73. The van der Waals surface area contributed by atoms with Crippen LogP contribution in [0.1, 0.15) is 39.5 Å². The Morgan fingerprint density at radius 2 is 2.15 bits per heavy atom. The number of carboxylic acids is 1. The van der Waals surface area contributed by atoms with Crippen LogP contribution in [0.4, 0.5) is 11.1 Å². The van der Waals surface area contributed by atoms with Crippen molar-refractivity contribution in [2.45, 2.75) is 32.6 Å². The molecule has 0 saturated heterocycles. The Morgan fingerprint density at radius 1 is 1.35 bits per heavy atom. The Kier molecular flexibility index (Phi) is 3.35. The predicted octanol–water partition coefficient (Wildman–Crippen LogP) is 2.56. The quantitative estimate of drug-likeness (QED) is 0.903. The van der Waals surface area contributed by atoms with Gasteiger partial charge in [-0.2, -0.15) is 0 Å². The second-order valence-corrected chi connectivity index (χ2v) is 5.80. The minimum atomic E-state index is -1.02. The van der Waals surface area contributed by atoms with Gasteiger partial charge in [-0.1, -0.05) is 0 Å². The van der Waals surface area contributed by atoms with E-state index in [1.807, 2.05) is 0 Å². The molecule has 0 bridgehead atoms. The van der Waals surface area contributed by atoms with Crippen molar-refractivity contribution >= 4 is 28.4 Å². The number of aryl methyl sites for hydroxylation is 3. The molecule has 2 aromatic heterocycles. The molecule has 1 aliphatic rings. The number of aromatic nitrogens is 3. The van der Waals surface area contributed by atoms with Crippen LogP contribution in [-0.2, 0) is 12.8 Å². The van der Waals surface area contributed by atoms with Gasteiger partial charge in [0.15, 0.2) is 5.13 Å². The zero-order valence-corrected chi connectivity index (χ0v) is 11.8. The summed E-state index contributed by atoms with van der Waals surface area (Å²) in [5, 5.41) is 12.8. The van der Waals surface area contributed by atoms with Gasteiger partial charge >= 0.3 is 5.97 Å². The van der Waals surface area contributed by atoms with Gasteiger partial charge in [-0.15, -0.1) is 11.3 Å². The summed E-state index contributed by atoms with van der Waals surface area (Å²) in [7, 11) is 0. The fourth-order valence-corrected chi connectivity index (χ4v) is 3.28. The number of thiazole rings is 1. The van der Waals surface area contributed by atoms with Gasteiger partial charge < -0.3 is 10.4 Å². The first-order valence-electron chi connectivity index (χ1n) is 6.46. The summed E-state index contributed by atoms with van der Waals surface area (Å²) in [6.07, 6.45) is 5.86. The number of rotatable bonds is 3. The molecule has 0 aromatic carbocycles. The number of nitrogens with one attached hydrogen (secondary N) is 1. The lowest BCUT2D eigenvalue weighted by Gasteiger charge is -2.06. The highest BCUT2D eigenvalue weighted by Crippen LogP contribution is 2.30. The minimum absolute atomic E-state index is 0.119. The van der Waals surface area contributed by atoms with E-state index in [0.717, 1.165) is 18.0 Å². The molecule has 0 unspecified atom stereocenters. The number of nitrogens with zero attached hydrogens (tertiary/aromatic N) is 3. The highest BCUT2D eigenvalue weighted by Gasteiger charge is 2.16. The molecular weight excluding hydrogens is 276 g/mol. The van der Waals surface area contributed by atoms with Gasteiger partial charge in [-0.05, 0) is 32.6 Å². The van der Waals surface area contributed by atoms with E-state index in [-0.39, 0.29) is 5.56 Å². The molecule has 0 radical (unpaired) electrons. The van der Waals surface area contributed by atoms with Crippen LogP contribution in [0, 0.1) is 6.92 Å². The van der Waals surface area contributed by atoms with Gasteiger partial charge in [0, 0.05) is 11.1 Å². The van der Waals surface area contributed by atoms with Crippen LogP contribution in [0.3, 0.4) is 0 Å². The van der Waals surface area contributed by atoms with E-state index in [4.69, 9.17) is 5.11 Å². The van der Waals surface area contributed by atoms with Crippen LogP contribution in [0.25, 0.3) is 0 Å². The van der Waals surface area contributed by atoms with Crippen LogP contribution in [-0.4, -0.2) is 26.0 Å². The molecule has 0 aliphatic heterocycles. The first kappa shape index (κ1) is 13.0. The topological polar surface area (TPSA) is 88.0 Å². The smallest absolute Gasteiger partial charge is 0.339 e. The average molecular weight is 290 g/mol. The van der Waals surface area contributed by atoms with Crippen LogP contribution in [0.15, 0.2) is 6.20 Å². The van der Waals surface area contributed by atoms with Crippen molar-refractivity contribution in [3.05, 3.63) is 28.0 Å². The van der Waals surface area contributed by atoms with Crippen LogP contribution in [0.2, 0.25) is 0 Å². The fourth-order valence-electron chi connectivity index (χ4n) is 2.24. The number of hydrogen-bond acceptors (Lipinski definition) is 6. The largest absolute Gasteiger partial charge is 0.478 e. The van der Waals surface area contributed by atoms with Crippen molar-refractivity contribution in [3.63, 3.8) is 0 Å². The SMILES string of the molecule is Cc1nc(Nc2nc3c(s2)CCCC3)ncc1C(=O)O. The van der Waals surface area contributed by atoms with Gasteiger partial charge in [0.25, 0.3) is 0 Å². The van der Waals surface area contributed by atoms with E-state index < -0.39 is 5.97 Å². The molecule has 104 valence electrons.